The SMILES string of the molecule is Cn1c(=O)n2n(c1=O)[C@@H]1[C@H]3[C@@H]4[C@@H]5[C@H]3[C@]13CCC[C@@]53[C@@H]42. The average Bonchev–Trinajstić information content (AvgIpc) is 2.87. The first-order chi connectivity index (χ1) is 9.18. The lowest BCUT2D eigenvalue weighted by Gasteiger charge is -3.00. The average molecular weight is 257 g/mol. The number of aromatic nitrogens is 3. The van der Waals surface area contributed by atoms with Crippen molar-refractivity contribution in [1.29, 1.82) is 0 Å². The Morgan fingerprint density at radius 3 is 1.89 bits per heavy atom. The molecule has 0 unspecified atom stereocenters. The highest BCUT2D eigenvalue weighted by Crippen LogP contribution is 3.05. The van der Waals surface area contributed by atoms with Gasteiger partial charge in [0, 0.05) is 17.9 Å². The molecule has 3 heterocycles. The number of hydrogen-bond acceptors (Lipinski definition) is 2. The van der Waals surface area contributed by atoms with E-state index in [2.05, 4.69) is 0 Å². The van der Waals surface area contributed by atoms with Crippen molar-refractivity contribution in [2.24, 2.45) is 41.5 Å². The Kier molecular flexibility index (Phi) is 0.881. The second-order valence-electron chi connectivity index (χ2n) is 7.84. The fraction of sp³-hybridized carbons (Fsp3) is 0.857. The minimum atomic E-state index is -0.0675. The van der Waals surface area contributed by atoms with Crippen molar-refractivity contribution in [1.82, 2.24) is 13.9 Å². The minimum absolute atomic E-state index is 0.0675. The molecule has 7 aliphatic rings. The number of nitrogens with zero attached hydrogens (tertiary/aromatic N) is 3. The van der Waals surface area contributed by atoms with Crippen LogP contribution in [0.4, 0.5) is 0 Å². The van der Waals surface area contributed by atoms with Gasteiger partial charge in [-0.2, -0.15) is 0 Å². The summed E-state index contributed by atoms with van der Waals surface area (Å²) >= 11 is 0. The zero-order chi connectivity index (χ0) is 12.5. The summed E-state index contributed by atoms with van der Waals surface area (Å²) in [5, 5.41) is 0. The van der Waals surface area contributed by atoms with Crippen molar-refractivity contribution in [2.45, 2.75) is 31.3 Å². The first-order valence-electron chi connectivity index (χ1n) is 7.58. The van der Waals surface area contributed by atoms with Gasteiger partial charge >= 0.3 is 11.4 Å². The predicted molar refractivity (Wildman–Crippen MR) is 64.7 cm³/mol. The van der Waals surface area contributed by atoms with Crippen molar-refractivity contribution in [3.8, 4) is 0 Å². The summed E-state index contributed by atoms with van der Waals surface area (Å²) in [4.78, 5) is 24.8. The molecule has 5 aliphatic carbocycles. The van der Waals surface area contributed by atoms with Crippen LogP contribution in [0.2, 0.25) is 0 Å². The summed E-state index contributed by atoms with van der Waals surface area (Å²) in [6.07, 6.45) is 3.95. The Bertz CT molecular complexity index is 765. The molecule has 2 aliphatic heterocycles. The van der Waals surface area contributed by atoms with Gasteiger partial charge in [-0.1, -0.05) is 6.42 Å². The van der Waals surface area contributed by atoms with E-state index in [9.17, 15) is 9.59 Å². The van der Waals surface area contributed by atoms with Gasteiger partial charge in [-0.3, -0.25) is 0 Å². The van der Waals surface area contributed by atoms with E-state index in [1.54, 1.807) is 7.05 Å². The molecule has 0 saturated heterocycles. The van der Waals surface area contributed by atoms with Crippen LogP contribution < -0.4 is 11.4 Å². The fourth-order valence-electron chi connectivity index (χ4n) is 8.48. The molecule has 0 N–H and O–H groups in total. The topological polar surface area (TPSA) is 48.9 Å². The summed E-state index contributed by atoms with van der Waals surface area (Å²) in [7, 11) is 1.64. The molecular weight excluding hydrogens is 242 g/mol. The maximum absolute atomic E-state index is 12.4. The molecule has 8 rings (SSSR count). The Balaban J connectivity index is 1.69. The smallest absolute Gasteiger partial charge is 0.246 e. The van der Waals surface area contributed by atoms with Gasteiger partial charge in [0.2, 0.25) is 0 Å². The van der Waals surface area contributed by atoms with Crippen molar-refractivity contribution < 1.29 is 0 Å². The molecule has 5 nitrogen and oxygen atoms in total. The van der Waals surface area contributed by atoms with Crippen LogP contribution >= 0.6 is 0 Å². The van der Waals surface area contributed by atoms with Crippen LogP contribution in [0.1, 0.15) is 31.3 Å². The van der Waals surface area contributed by atoms with Gasteiger partial charge in [0.25, 0.3) is 0 Å². The van der Waals surface area contributed by atoms with Crippen LogP contribution in [0, 0.1) is 34.5 Å². The standard InChI is InChI=1S/C14H15N3O2/c1-15-11(18)16-9-5-6-8-7(5)13(9)3-2-4-14(8,13)10(6)17(16)12(15)19/h5-10H,2-4H2,1H3/t5-,6+,7-,8+,9-,10-,13+,14-/m1/s1. The van der Waals surface area contributed by atoms with Crippen LogP contribution in [0.25, 0.3) is 0 Å². The molecular formula is C14H15N3O2. The second-order valence-corrected chi connectivity index (χ2v) is 7.84. The molecule has 5 fully saturated rings. The van der Waals surface area contributed by atoms with E-state index in [1.165, 1.54) is 23.8 Å². The summed E-state index contributed by atoms with van der Waals surface area (Å²) < 4.78 is 5.08. The van der Waals surface area contributed by atoms with Crippen molar-refractivity contribution in [3.63, 3.8) is 0 Å². The van der Waals surface area contributed by atoms with E-state index in [1.807, 2.05) is 9.36 Å². The summed E-state index contributed by atoms with van der Waals surface area (Å²) in [6.45, 7) is 0. The van der Waals surface area contributed by atoms with E-state index in [0.29, 0.717) is 22.9 Å². The van der Waals surface area contributed by atoms with Crippen LogP contribution in [0.15, 0.2) is 9.59 Å². The Labute approximate surface area is 108 Å². The third kappa shape index (κ3) is 0.432. The first-order valence-corrected chi connectivity index (χ1v) is 7.58. The second kappa shape index (κ2) is 1.90. The van der Waals surface area contributed by atoms with Gasteiger partial charge in [0.15, 0.2) is 0 Å². The third-order valence-corrected chi connectivity index (χ3v) is 8.41. The third-order valence-electron chi connectivity index (χ3n) is 8.41. The van der Waals surface area contributed by atoms with E-state index in [4.69, 9.17) is 0 Å². The van der Waals surface area contributed by atoms with Crippen molar-refractivity contribution in [3.05, 3.63) is 21.0 Å². The molecule has 8 atom stereocenters. The molecule has 2 bridgehead atoms. The van der Waals surface area contributed by atoms with Crippen LogP contribution in [0.5, 0.6) is 0 Å². The number of hydrogen-bond donors (Lipinski definition) is 0. The molecule has 2 spiro atoms. The lowest BCUT2D eigenvalue weighted by Crippen LogP contribution is -2.99. The van der Waals surface area contributed by atoms with Gasteiger partial charge in [0.05, 0.1) is 12.1 Å². The highest BCUT2D eigenvalue weighted by molar-refractivity contribution is 5.49. The quantitative estimate of drug-likeness (QED) is 0.663. The normalized spacial score (nSPS) is 63.2. The van der Waals surface area contributed by atoms with Gasteiger partial charge in [-0.25, -0.2) is 23.5 Å². The Morgan fingerprint density at radius 1 is 0.947 bits per heavy atom. The lowest BCUT2D eigenvalue weighted by molar-refractivity contribution is -0.541. The van der Waals surface area contributed by atoms with Gasteiger partial charge in [-0.15, -0.1) is 0 Å². The molecule has 0 aromatic carbocycles. The van der Waals surface area contributed by atoms with Crippen molar-refractivity contribution in [2.75, 3.05) is 0 Å². The maximum Gasteiger partial charge on any atom is 0.347 e. The molecule has 5 saturated carbocycles. The highest BCUT2D eigenvalue weighted by atomic mass is 16.2. The van der Waals surface area contributed by atoms with Gasteiger partial charge in [0.1, 0.15) is 0 Å². The summed E-state index contributed by atoms with van der Waals surface area (Å²) in [5.74, 6) is 3.35. The molecule has 19 heavy (non-hydrogen) atoms. The molecule has 0 radical (unpaired) electrons. The molecule has 1 aromatic heterocycles. The van der Waals surface area contributed by atoms with Gasteiger partial charge in [-0.05, 0) is 36.5 Å². The maximum atomic E-state index is 12.4. The molecule has 0 amide bonds. The zero-order valence-corrected chi connectivity index (χ0v) is 10.7. The Hall–Kier alpha value is -1.26. The molecule has 98 valence electrons. The van der Waals surface area contributed by atoms with Gasteiger partial charge < -0.3 is 0 Å². The number of rotatable bonds is 0. The molecule has 5 heteroatoms. The zero-order valence-electron chi connectivity index (χ0n) is 10.7. The summed E-state index contributed by atoms with van der Waals surface area (Å²) in [6, 6.07) is 0.753. The van der Waals surface area contributed by atoms with E-state index in [0.717, 1.165) is 23.7 Å². The molecule has 1 aromatic rings. The van der Waals surface area contributed by atoms with E-state index in [-0.39, 0.29) is 11.4 Å². The predicted octanol–water partition coefficient (Wildman–Crippen LogP) is 0.120. The van der Waals surface area contributed by atoms with Crippen LogP contribution in [-0.2, 0) is 7.05 Å². The van der Waals surface area contributed by atoms with Crippen LogP contribution in [0.3, 0.4) is 0 Å². The largest absolute Gasteiger partial charge is 0.347 e. The monoisotopic (exact) mass is 257 g/mol. The fourth-order valence-corrected chi connectivity index (χ4v) is 8.48. The summed E-state index contributed by atoms with van der Waals surface area (Å²) in [5.41, 5.74) is 0.753. The van der Waals surface area contributed by atoms with Crippen molar-refractivity contribution >= 4 is 0 Å². The van der Waals surface area contributed by atoms with E-state index >= 15 is 0 Å². The minimum Gasteiger partial charge on any atom is -0.246 e. The van der Waals surface area contributed by atoms with E-state index < -0.39 is 0 Å². The Morgan fingerprint density at radius 2 is 1.42 bits per heavy atom. The lowest BCUT2D eigenvalue weighted by atomic mass is 9.06. The highest BCUT2D eigenvalue weighted by Gasteiger charge is 3.03. The van der Waals surface area contributed by atoms with Crippen LogP contribution in [-0.4, -0.2) is 13.9 Å². The first kappa shape index (κ1) is 8.82.